The van der Waals surface area contributed by atoms with Crippen LogP contribution in [0.25, 0.3) is 22.4 Å². The van der Waals surface area contributed by atoms with Gasteiger partial charge >= 0.3 is 0 Å². The molecule has 0 amide bonds. The Labute approximate surface area is 241 Å². The first-order valence-electron chi connectivity index (χ1n) is 14.0. The van der Waals surface area contributed by atoms with Crippen LogP contribution < -0.4 is 14.4 Å². The standard InChI is InChI=1S/C38H31NO2/c1-40-34-21-17-32(18-22-34)39(33-19-23-35(41-2)24-20-33)31-15-7-26(8-16-31)6-9-27-10-11-30-13-12-28-4-3-5-29-14-25-36(27)38(30)37(28)29/h3-11,13-25,27H,12H2,1-2H3. The van der Waals surface area contributed by atoms with Crippen molar-refractivity contribution in [3.8, 4) is 11.5 Å². The highest BCUT2D eigenvalue weighted by Crippen LogP contribution is 2.43. The summed E-state index contributed by atoms with van der Waals surface area (Å²) in [5.41, 5.74) is 9.94. The number of rotatable bonds is 7. The third-order valence-electron chi connectivity index (χ3n) is 8.15. The van der Waals surface area contributed by atoms with Crippen molar-refractivity contribution in [1.82, 2.24) is 0 Å². The quantitative estimate of drug-likeness (QED) is 0.208. The Morgan fingerprint density at radius 1 is 0.707 bits per heavy atom. The zero-order chi connectivity index (χ0) is 27.8. The first-order chi connectivity index (χ1) is 20.2. The van der Waals surface area contributed by atoms with Crippen LogP contribution in [0, 0.1) is 0 Å². The molecule has 0 heterocycles. The average molecular weight is 534 g/mol. The molecule has 3 nitrogen and oxygen atoms in total. The number of hydrogen-bond donors (Lipinski definition) is 0. The maximum atomic E-state index is 5.39. The summed E-state index contributed by atoms with van der Waals surface area (Å²) in [6.45, 7) is 0. The highest BCUT2D eigenvalue weighted by molar-refractivity contribution is 6.02. The monoisotopic (exact) mass is 533 g/mol. The Hall–Kier alpha value is -5.02. The zero-order valence-electron chi connectivity index (χ0n) is 23.2. The lowest BCUT2D eigenvalue weighted by atomic mass is 9.78. The molecule has 0 bridgehead atoms. The fourth-order valence-corrected chi connectivity index (χ4v) is 6.04. The van der Waals surface area contributed by atoms with Gasteiger partial charge in [-0.15, -0.1) is 0 Å². The van der Waals surface area contributed by atoms with Gasteiger partial charge in [-0.25, -0.2) is 0 Å². The van der Waals surface area contributed by atoms with E-state index in [0.717, 1.165) is 35.0 Å². The van der Waals surface area contributed by atoms with Crippen LogP contribution in [0.4, 0.5) is 17.1 Å². The number of benzene rings is 5. The molecule has 2 aliphatic carbocycles. The lowest BCUT2D eigenvalue weighted by molar-refractivity contribution is 0.415. The number of anilines is 3. The highest BCUT2D eigenvalue weighted by atomic mass is 16.5. The first kappa shape index (κ1) is 25.0. The normalized spacial score (nSPS) is 15.2. The molecule has 2 aliphatic rings. The molecule has 0 fully saturated rings. The van der Waals surface area contributed by atoms with Crippen molar-refractivity contribution >= 4 is 39.5 Å². The highest BCUT2D eigenvalue weighted by Gasteiger charge is 2.23. The van der Waals surface area contributed by atoms with Crippen LogP contribution in [0.15, 0.2) is 127 Å². The Morgan fingerprint density at radius 2 is 1.34 bits per heavy atom. The molecule has 41 heavy (non-hydrogen) atoms. The van der Waals surface area contributed by atoms with E-state index in [1.165, 1.54) is 38.6 Å². The average Bonchev–Trinajstić information content (AvgIpc) is 3.04. The molecule has 3 heteroatoms. The van der Waals surface area contributed by atoms with Gasteiger partial charge in [-0.1, -0.05) is 72.8 Å². The van der Waals surface area contributed by atoms with Crippen LogP contribution >= 0.6 is 0 Å². The van der Waals surface area contributed by atoms with Gasteiger partial charge in [0.1, 0.15) is 11.5 Å². The molecule has 0 spiro atoms. The molecule has 0 saturated carbocycles. The van der Waals surface area contributed by atoms with Gasteiger partial charge in [0.15, 0.2) is 0 Å². The molecular formula is C38H31NO2. The Balaban J connectivity index is 1.19. The summed E-state index contributed by atoms with van der Waals surface area (Å²) in [6, 6.07) is 36.3. The van der Waals surface area contributed by atoms with Crippen LogP contribution in [0.2, 0.25) is 0 Å². The second kappa shape index (κ2) is 10.5. The van der Waals surface area contributed by atoms with Crippen molar-refractivity contribution in [2.45, 2.75) is 12.3 Å². The van der Waals surface area contributed by atoms with Crippen molar-refractivity contribution in [2.75, 3.05) is 19.1 Å². The van der Waals surface area contributed by atoms with Gasteiger partial charge in [0, 0.05) is 23.0 Å². The predicted octanol–water partition coefficient (Wildman–Crippen LogP) is 9.63. The van der Waals surface area contributed by atoms with E-state index >= 15 is 0 Å². The van der Waals surface area contributed by atoms with Gasteiger partial charge in [-0.05, 0) is 106 Å². The van der Waals surface area contributed by atoms with Gasteiger partial charge < -0.3 is 14.4 Å². The van der Waals surface area contributed by atoms with Crippen LogP contribution in [0.3, 0.4) is 0 Å². The number of ether oxygens (including phenoxy) is 2. The lowest BCUT2D eigenvalue weighted by Gasteiger charge is -2.26. The van der Waals surface area contributed by atoms with Gasteiger partial charge in [-0.2, -0.15) is 0 Å². The summed E-state index contributed by atoms with van der Waals surface area (Å²) in [6.07, 6.45) is 12.6. The maximum absolute atomic E-state index is 5.39. The van der Waals surface area contributed by atoms with E-state index in [-0.39, 0.29) is 5.92 Å². The largest absolute Gasteiger partial charge is 0.497 e. The third kappa shape index (κ3) is 4.60. The van der Waals surface area contributed by atoms with Crippen LogP contribution in [0.5, 0.6) is 11.5 Å². The molecule has 0 radical (unpaired) electrons. The van der Waals surface area contributed by atoms with Gasteiger partial charge in [0.2, 0.25) is 0 Å². The fraction of sp³-hybridized carbons (Fsp3) is 0.105. The van der Waals surface area contributed by atoms with Crippen molar-refractivity contribution in [1.29, 1.82) is 0 Å². The molecule has 5 aromatic rings. The van der Waals surface area contributed by atoms with E-state index in [1.54, 1.807) is 14.2 Å². The van der Waals surface area contributed by atoms with E-state index < -0.39 is 0 Å². The van der Waals surface area contributed by atoms with Gasteiger partial charge in [0.05, 0.1) is 14.2 Å². The second-order valence-corrected chi connectivity index (χ2v) is 10.5. The number of nitrogens with zero attached hydrogens (tertiary/aromatic N) is 1. The molecular weight excluding hydrogens is 502 g/mol. The Kier molecular flexibility index (Phi) is 6.41. The predicted molar refractivity (Wildman–Crippen MR) is 171 cm³/mol. The third-order valence-corrected chi connectivity index (χ3v) is 8.15. The minimum absolute atomic E-state index is 0.243. The molecule has 7 rings (SSSR count). The Bertz CT molecular complexity index is 1760. The number of methoxy groups -OCH3 is 2. The zero-order valence-corrected chi connectivity index (χ0v) is 23.2. The first-order valence-corrected chi connectivity index (χ1v) is 14.0. The summed E-state index contributed by atoms with van der Waals surface area (Å²) in [5, 5.41) is 2.76. The maximum Gasteiger partial charge on any atom is 0.119 e. The van der Waals surface area contributed by atoms with E-state index in [9.17, 15) is 0 Å². The number of allylic oxidation sites excluding steroid dienone is 5. The molecule has 5 aromatic carbocycles. The molecule has 0 aliphatic heterocycles. The molecule has 1 unspecified atom stereocenters. The summed E-state index contributed by atoms with van der Waals surface area (Å²) in [4.78, 5) is 2.24. The van der Waals surface area contributed by atoms with Crippen molar-refractivity contribution in [2.24, 2.45) is 0 Å². The minimum atomic E-state index is 0.243. The molecule has 200 valence electrons. The minimum Gasteiger partial charge on any atom is -0.497 e. The van der Waals surface area contributed by atoms with Crippen molar-refractivity contribution in [3.63, 3.8) is 0 Å². The topological polar surface area (TPSA) is 21.7 Å². The van der Waals surface area contributed by atoms with Crippen LogP contribution in [0.1, 0.15) is 28.2 Å². The van der Waals surface area contributed by atoms with Crippen LogP contribution in [-0.2, 0) is 6.42 Å². The summed E-state index contributed by atoms with van der Waals surface area (Å²) in [5.74, 6) is 1.91. The Morgan fingerprint density at radius 3 is 1.98 bits per heavy atom. The second-order valence-electron chi connectivity index (χ2n) is 10.5. The van der Waals surface area contributed by atoms with Crippen molar-refractivity contribution < 1.29 is 9.47 Å². The van der Waals surface area contributed by atoms with Crippen molar-refractivity contribution in [3.05, 3.63) is 150 Å². The molecule has 0 N–H and O–H groups in total. The van der Waals surface area contributed by atoms with E-state index in [1.807, 2.05) is 24.3 Å². The SMILES string of the molecule is COc1ccc(N(c2ccc(C=CC3C=CC4=CCc5cccc6ccc3c4c56)cc2)c2ccc(OC)cc2)cc1. The molecule has 0 saturated heterocycles. The smallest absolute Gasteiger partial charge is 0.119 e. The van der Waals surface area contributed by atoms with E-state index in [2.05, 4.69) is 114 Å². The number of hydrogen-bond acceptors (Lipinski definition) is 3. The van der Waals surface area contributed by atoms with Gasteiger partial charge in [-0.3, -0.25) is 0 Å². The molecule has 0 aromatic heterocycles. The van der Waals surface area contributed by atoms with E-state index in [4.69, 9.17) is 9.47 Å². The summed E-state index contributed by atoms with van der Waals surface area (Å²) < 4.78 is 10.8. The molecule has 1 atom stereocenters. The van der Waals surface area contributed by atoms with Gasteiger partial charge in [0.25, 0.3) is 0 Å². The van der Waals surface area contributed by atoms with Crippen LogP contribution in [-0.4, -0.2) is 14.2 Å². The fourth-order valence-electron chi connectivity index (χ4n) is 6.04. The summed E-state index contributed by atoms with van der Waals surface area (Å²) in [7, 11) is 3.38. The lowest BCUT2D eigenvalue weighted by Crippen LogP contribution is -2.09. The summed E-state index contributed by atoms with van der Waals surface area (Å²) >= 11 is 0. The van der Waals surface area contributed by atoms with E-state index in [0.29, 0.717) is 0 Å².